The number of nitrogens with zero attached hydrogens (tertiary/aromatic N) is 5. The Labute approximate surface area is 151 Å². The molecule has 2 aromatic heterocycles. The summed E-state index contributed by atoms with van der Waals surface area (Å²) >= 11 is 1.66. The molecule has 0 unspecified atom stereocenters. The van der Waals surface area contributed by atoms with E-state index in [1.807, 2.05) is 23.7 Å². The predicted octanol–water partition coefficient (Wildman–Crippen LogP) is 2.43. The van der Waals surface area contributed by atoms with Crippen LogP contribution in [0.25, 0.3) is 0 Å². The standard InChI is InChI=1S/C18H21N5OS/c1-2-4-15(5-3-1)10-17-20-18(24-21-17)12-23-8-6-22(7-9-23)11-16-13-25-14-19-16/h1-5,13-14H,6-12H2. The van der Waals surface area contributed by atoms with Crippen molar-refractivity contribution in [3.05, 3.63) is 64.2 Å². The fourth-order valence-corrected chi connectivity index (χ4v) is 3.60. The number of piperazine rings is 1. The minimum Gasteiger partial charge on any atom is -0.338 e. The summed E-state index contributed by atoms with van der Waals surface area (Å²) in [6.07, 6.45) is 0.714. The second kappa shape index (κ2) is 7.86. The number of benzene rings is 1. The molecule has 1 aliphatic rings. The van der Waals surface area contributed by atoms with Crippen molar-refractivity contribution < 1.29 is 4.52 Å². The van der Waals surface area contributed by atoms with E-state index in [0.717, 1.165) is 45.1 Å². The first-order chi connectivity index (χ1) is 12.3. The molecule has 1 fully saturated rings. The maximum Gasteiger partial charge on any atom is 0.240 e. The largest absolute Gasteiger partial charge is 0.338 e. The third-order valence-electron chi connectivity index (χ3n) is 4.41. The van der Waals surface area contributed by atoms with Crippen LogP contribution in [-0.4, -0.2) is 51.1 Å². The molecule has 7 heteroatoms. The fourth-order valence-electron chi connectivity index (χ4n) is 3.05. The van der Waals surface area contributed by atoms with Gasteiger partial charge in [0, 0.05) is 44.5 Å². The minimum absolute atomic E-state index is 0.707. The van der Waals surface area contributed by atoms with Crippen LogP contribution in [0.4, 0.5) is 0 Å². The van der Waals surface area contributed by atoms with E-state index in [9.17, 15) is 0 Å². The van der Waals surface area contributed by atoms with E-state index in [2.05, 4.69) is 42.4 Å². The molecule has 4 rings (SSSR count). The third kappa shape index (κ3) is 4.50. The number of hydrogen-bond donors (Lipinski definition) is 0. The van der Waals surface area contributed by atoms with E-state index in [-0.39, 0.29) is 0 Å². The van der Waals surface area contributed by atoms with Gasteiger partial charge in [-0.15, -0.1) is 11.3 Å². The van der Waals surface area contributed by atoms with Gasteiger partial charge in [0.2, 0.25) is 5.89 Å². The minimum atomic E-state index is 0.707. The van der Waals surface area contributed by atoms with Crippen LogP contribution in [0, 0.1) is 0 Å². The molecular weight excluding hydrogens is 334 g/mol. The Bertz CT molecular complexity index is 766. The Morgan fingerprint density at radius 2 is 1.76 bits per heavy atom. The van der Waals surface area contributed by atoms with Crippen LogP contribution in [0.3, 0.4) is 0 Å². The highest BCUT2D eigenvalue weighted by atomic mass is 32.1. The summed E-state index contributed by atoms with van der Waals surface area (Å²) in [5.41, 5.74) is 4.26. The smallest absolute Gasteiger partial charge is 0.240 e. The summed E-state index contributed by atoms with van der Waals surface area (Å²) in [4.78, 5) is 13.7. The first-order valence-corrected chi connectivity index (χ1v) is 9.46. The van der Waals surface area contributed by atoms with Gasteiger partial charge in [-0.05, 0) is 5.56 Å². The van der Waals surface area contributed by atoms with Gasteiger partial charge < -0.3 is 4.52 Å². The lowest BCUT2D eigenvalue weighted by Crippen LogP contribution is -2.45. The molecule has 0 saturated carbocycles. The summed E-state index contributed by atoms with van der Waals surface area (Å²) in [5.74, 6) is 1.46. The van der Waals surface area contributed by atoms with Gasteiger partial charge in [-0.2, -0.15) is 4.98 Å². The molecule has 0 amide bonds. The van der Waals surface area contributed by atoms with Crippen LogP contribution < -0.4 is 0 Å². The van der Waals surface area contributed by atoms with E-state index in [0.29, 0.717) is 12.3 Å². The molecule has 1 aliphatic heterocycles. The Kier molecular flexibility index (Phi) is 5.15. The third-order valence-corrected chi connectivity index (χ3v) is 5.04. The SMILES string of the molecule is c1ccc(Cc2noc(CN3CCN(Cc4cscn4)CC3)n2)cc1. The maximum absolute atomic E-state index is 5.43. The molecular formula is C18H21N5OS. The zero-order chi connectivity index (χ0) is 16.9. The van der Waals surface area contributed by atoms with Crippen LogP contribution in [0.2, 0.25) is 0 Å². The van der Waals surface area contributed by atoms with Crippen molar-refractivity contribution in [3.63, 3.8) is 0 Å². The summed E-state index contributed by atoms with van der Waals surface area (Å²) in [7, 11) is 0. The Morgan fingerprint density at radius 1 is 1.00 bits per heavy atom. The summed E-state index contributed by atoms with van der Waals surface area (Å²) < 4.78 is 5.43. The second-order valence-electron chi connectivity index (χ2n) is 6.30. The van der Waals surface area contributed by atoms with Gasteiger partial charge in [-0.25, -0.2) is 4.98 Å². The van der Waals surface area contributed by atoms with E-state index in [1.165, 1.54) is 11.3 Å². The highest BCUT2D eigenvalue weighted by molar-refractivity contribution is 7.07. The number of aromatic nitrogens is 3. The molecule has 3 aromatic rings. The highest BCUT2D eigenvalue weighted by Gasteiger charge is 2.19. The average Bonchev–Trinajstić information content (AvgIpc) is 3.30. The van der Waals surface area contributed by atoms with Crippen molar-refractivity contribution in [2.75, 3.05) is 26.2 Å². The molecule has 6 nitrogen and oxygen atoms in total. The lowest BCUT2D eigenvalue weighted by Gasteiger charge is -2.33. The molecule has 1 saturated heterocycles. The van der Waals surface area contributed by atoms with Crippen molar-refractivity contribution in [1.82, 2.24) is 24.9 Å². The molecule has 0 bridgehead atoms. The van der Waals surface area contributed by atoms with Crippen LogP contribution in [0.15, 0.2) is 45.7 Å². The summed E-state index contributed by atoms with van der Waals surface area (Å²) in [5, 5.41) is 6.24. The van der Waals surface area contributed by atoms with Crippen molar-refractivity contribution >= 4 is 11.3 Å². The number of hydrogen-bond acceptors (Lipinski definition) is 7. The monoisotopic (exact) mass is 355 g/mol. The van der Waals surface area contributed by atoms with E-state index in [4.69, 9.17) is 4.52 Å². The Morgan fingerprint density at radius 3 is 2.48 bits per heavy atom. The summed E-state index contributed by atoms with van der Waals surface area (Å²) in [6.45, 7) is 5.79. The molecule has 0 N–H and O–H groups in total. The van der Waals surface area contributed by atoms with Crippen LogP contribution in [-0.2, 0) is 19.5 Å². The van der Waals surface area contributed by atoms with Gasteiger partial charge in [0.1, 0.15) is 0 Å². The molecule has 0 radical (unpaired) electrons. The quantitative estimate of drug-likeness (QED) is 0.677. The lowest BCUT2D eigenvalue weighted by atomic mass is 10.1. The molecule has 3 heterocycles. The van der Waals surface area contributed by atoms with E-state index < -0.39 is 0 Å². The lowest BCUT2D eigenvalue weighted by molar-refractivity contribution is 0.111. The summed E-state index contributed by atoms with van der Waals surface area (Å²) in [6, 6.07) is 10.2. The molecule has 0 aliphatic carbocycles. The average molecular weight is 355 g/mol. The Hall–Kier alpha value is -2.09. The second-order valence-corrected chi connectivity index (χ2v) is 7.02. The van der Waals surface area contributed by atoms with Gasteiger partial charge in [-0.3, -0.25) is 9.80 Å². The van der Waals surface area contributed by atoms with Crippen molar-refractivity contribution in [2.45, 2.75) is 19.5 Å². The topological polar surface area (TPSA) is 58.3 Å². The van der Waals surface area contributed by atoms with Crippen molar-refractivity contribution in [3.8, 4) is 0 Å². The fraction of sp³-hybridized carbons (Fsp3) is 0.389. The number of rotatable bonds is 6. The van der Waals surface area contributed by atoms with Crippen LogP contribution >= 0.6 is 11.3 Å². The van der Waals surface area contributed by atoms with Crippen LogP contribution in [0.1, 0.15) is 23.0 Å². The predicted molar refractivity (Wildman–Crippen MR) is 96.2 cm³/mol. The van der Waals surface area contributed by atoms with Crippen molar-refractivity contribution in [2.24, 2.45) is 0 Å². The highest BCUT2D eigenvalue weighted by Crippen LogP contribution is 2.12. The zero-order valence-corrected chi connectivity index (χ0v) is 14.9. The van der Waals surface area contributed by atoms with Gasteiger partial charge in [0.05, 0.1) is 17.7 Å². The van der Waals surface area contributed by atoms with E-state index >= 15 is 0 Å². The first kappa shape index (κ1) is 16.4. The molecule has 25 heavy (non-hydrogen) atoms. The zero-order valence-electron chi connectivity index (χ0n) is 14.0. The first-order valence-electron chi connectivity index (χ1n) is 8.52. The van der Waals surface area contributed by atoms with Crippen LogP contribution in [0.5, 0.6) is 0 Å². The van der Waals surface area contributed by atoms with Gasteiger partial charge in [0.15, 0.2) is 5.82 Å². The number of thiazole rings is 1. The normalized spacial score (nSPS) is 16.3. The molecule has 0 spiro atoms. The Balaban J connectivity index is 1.26. The van der Waals surface area contributed by atoms with Crippen molar-refractivity contribution in [1.29, 1.82) is 0 Å². The van der Waals surface area contributed by atoms with E-state index in [1.54, 1.807) is 11.3 Å². The molecule has 1 aromatic carbocycles. The molecule has 0 atom stereocenters. The van der Waals surface area contributed by atoms with Gasteiger partial charge in [0.25, 0.3) is 0 Å². The van der Waals surface area contributed by atoms with Gasteiger partial charge >= 0.3 is 0 Å². The molecule has 130 valence electrons. The maximum atomic E-state index is 5.43. The van der Waals surface area contributed by atoms with Gasteiger partial charge in [-0.1, -0.05) is 35.5 Å².